The molecular formula is C54H34N4O. The molecule has 0 fully saturated rings. The molecule has 5 heteroatoms. The molecule has 12 aromatic rings. The van der Waals surface area contributed by atoms with E-state index in [2.05, 4.69) is 209 Å². The maximum Gasteiger partial charge on any atom is 0.209 e. The molecule has 1 N–H and O–H groups in total. The van der Waals surface area contributed by atoms with Gasteiger partial charge in [-0.3, -0.25) is 4.57 Å². The van der Waals surface area contributed by atoms with Crippen LogP contribution in [0.3, 0.4) is 0 Å². The second kappa shape index (κ2) is 12.3. The zero-order chi connectivity index (χ0) is 38.6. The molecule has 4 heterocycles. The van der Waals surface area contributed by atoms with E-state index < -0.39 is 0 Å². The van der Waals surface area contributed by atoms with E-state index in [-0.39, 0.29) is 6.04 Å². The molecule has 0 spiro atoms. The van der Waals surface area contributed by atoms with Crippen LogP contribution >= 0.6 is 0 Å². The lowest BCUT2D eigenvalue weighted by molar-refractivity contribution is 0.647. The van der Waals surface area contributed by atoms with Gasteiger partial charge in [0, 0.05) is 49.1 Å². The van der Waals surface area contributed by atoms with Crippen LogP contribution in [0.25, 0.3) is 93.1 Å². The second-order valence-electron chi connectivity index (χ2n) is 15.6. The fraction of sp³-hybridized carbons (Fsp3) is 0.0185. The topological polar surface area (TPSA) is 47.4 Å². The standard InChI is InChI=1S/C54H34N4O/c1-3-15-33(16-4-1)36-28-44-43-27-34-17-7-8-18-35(34)30-51(43)59-53(44)45(29-36)52-40-23-9-12-24-46(40)55-54(56-52)58-48-26-14-11-22-39(48)42-31-41-38-21-10-13-25-47(38)57(49(41)32-50(42)58)37-19-5-2-6-20-37/h1-32,52H,(H,55,56). The maximum atomic E-state index is 6.96. The normalized spacial score (nSPS) is 14.2. The molecule has 1 aliphatic heterocycles. The predicted molar refractivity (Wildman–Crippen MR) is 244 cm³/mol. The quantitative estimate of drug-likeness (QED) is 0.195. The molecule has 276 valence electrons. The van der Waals surface area contributed by atoms with Crippen molar-refractivity contribution in [3.05, 3.63) is 205 Å². The summed E-state index contributed by atoms with van der Waals surface area (Å²) in [6.07, 6.45) is 0. The second-order valence-corrected chi connectivity index (χ2v) is 15.6. The van der Waals surface area contributed by atoms with Crippen molar-refractivity contribution in [3.63, 3.8) is 0 Å². The third-order valence-corrected chi connectivity index (χ3v) is 12.3. The Balaban J connectivity index is 1.08. The van der Waals surface area contributed by atoms with E-state index >= 15 is 0 Å². The van der Waals surface area contributed by atoms with Crippen LogP contribution in [0.5, 0.6) is 0 Å². The summed E-state index contributed by atoms with van der Waals surface area (Å²) in [6.45, 7) is 0. The highest BCUT2D eigenvalue weighted by molar-refractivity contribution is 6.21. The van der Waals surface area contributed by atoms with Crippen molar-refractivity contribution in [1.29, 1.82) is 0 Å². The third-order valence-electron chi connectivity index (χ3n) is 12.3. The van der Waals surface area contributed by atoms with E-state index in [1.54, 1.807) is 0 Å². The number of aromatic nitrogens is 2. The summed E-state index contributed by atoms with van der Waals surface area (Å²) in [5.74, 6) is 0.765. The summed E-state index contributed by atoms with van der Waals surface area (Å²) in [4.78, 5) is 5.44. The highest BCUT2D eigenvalue weighted by atomic mass is 16.3. The molecule has 0 saturated heterocycles. The van der Waals surface area contributed by atoms with E-state index in [1.807, 2.05) is 0 Å². The van der Waals surface area contributed by atoms with Gasteiger partial charge in [0.2, 0.25) is 5.96 Å². The maximum absolute atomic E-state index is 6.96. The zero-order valence-electron chi connectivity index (χ0n) is 31.8. The number of rotatable bonds is 3. The minimum Gasteiger partial charge on any atom is -0.456 e. The lowest BCUT2D eigenvalue weighted by Crippen LogP contribution is -2.36. The fourth-order valence-electron chi connectivity index (χ4n) is 9.66. The third kappa shape index (κ3) is 4.76. The first-order valence-electron chi connectivity index (χ1n) is 20.2. The highest BCUT2D eigenvalue weighted by Gasteiger charge is 2.30. The number of nitrogens with one attached hydrogen (secondary N) is 1. The minimum absolute atomic E-state index is 0.268. The van der Waals surface area contributed by atoms with Gasteiger partial charge in [-0.1, -0.05) is 127 Å². The Hall–Kier alpha value is -7.89. The predicted octanol–water partition coefficient (Wildman–Crippen LogP) is 13.8. The summed E-state index contributed by atoms with van der Waals surface area (Å²) in [5.41, 5.74) is 12.8. The lowest BCUT2D eigenvalue weighted by Gasteiger charge is -2.29. The van der Waals surface area contributed by atoms with Crippen molar-refractivity contribution in [2.75, 3.05) is 0 Å². The molecular weight excluding hydrogens is 721 g/mol. The SMILES string of the molecule is c1ccc(-c2cc(C3NC(n4c5ccccc5c5cc6c7ccccc7n(-c7ccccc7)c6cc54)=Nc4ccccc43)c3oc4cc5ccccc5cc4c3c2)cc1. The van der Waals surface area contributed by atoms with Crippen LogP contribution in [-0.4, -0.2) is 15.1 Å². The van der Waals surface area contributed by atoms with Crippen molar-refractivity contribution in [3.8, 4) is 16.8 Å². The molecule has 1 unspecified atom stereocenters. The van der Waals surface area contributed by atoms with Crippen LogP contribution in [0, 0.1) is 0 Å². The van der Waals surface area contributed by atoms with E-state index in [4.69, 9.17) is 9.41 Å². The van der Waals surface area contributed by atoms with Gasteiger partial charge in [0.1, 0.15) is 11.2 Å². The van der Waals surface area contributed by atoms with Crippen LogP contribution in [0.4, 0.5) is 5.69 Å². The summed E-state index contributed by atoms with van der Waals surface area (Å²) < 4.78 is 11.7. The molecule has 0 amide bonds. The average Bonchev–Trinajstić information content (AvgIpc) is 3.94. The van der Waals surface area contributed by atoms with Gasteiger partial charge in [-0.15, -0.1) is 0 Å². The Kier molecular flexibility index (Phi) is 6.72. The number of fused-ring (bicyclic) bond motifs is 11. The van der Waals surface area contributed by atoms with Crippen molar-refractivity contribution in [2.24, 2.45) is 4.99 Å². The van der Waals surface area contributed by atoms with Crippen molar-refractivity contribution in [2.45, 2.75) is 6.04 Å². The average molecular weight is 755 g/mol. The van der Waals surface area contributed by atoms with E-state index in [0.717, 1.165) is 83.5 Å². The molecule has 1 aliphatic rings. The molecule has 1 atom stereocenters. The summed E-state index contributed by atoms with van der Waals surface area (Å²) >= 11 is 0. The largest absolute Gasteiger partial charge is 0.456 e. The molecule has 9 aromatic carbocycles. The number of benzene rings is 9. The first kappa shape index (κ1) is 32.2. The Bertz CT molecular complexity index is 3700. The van der Waals surface area contributed by atoms with Gasteiger partial charge in [0.15, 0.2) is 0 Å². The number of hydrogen-bond donors (Lipinski definition) is 1. The monoisotopic (exact) mass is 754 g/mol. The minimum atomic E-state index is -0.268. The number of furan rings is 1. The van der Waals surface area contributed by atoms with E-state index in [1.165, 1.54) is 32.4 Å². The van der Waals surface area contributed by atoms with Gasteiger partial charge in [0.25, 0.3) is 0 Å². The molecule has 0 aliphatic carbocycles. The van der Waals surface area contributed by atoms with E-state index in [9.17, 15) is 0 Å². The van der Waals surface area contributed by atoms with Crippen LogP contribution in [-0.2, 0) is 0 Å². The lowest BCUT2D eigenvalue weighted by atomic mass is 9.91. The number of aliphatic imine (C=N–C) groups is 1. The van der Waals surface area contributed by atoms with Crippen LogP contribution in [0.15, 0.2) is 204 Å². The van der Waals surface area contributed by atoms with Gasteiger partial charge >= 0.3 is 0 Å². The molecule has 59 heavy (non-hydrogen) atoms. The summed E-state index contributed by atoms with van der Waals surface area (Å²) in [7, 11) is 0. The number of hydrogen-bond acceptors (Lipinski definition) is 3. The molecule has 3 aromatic heterocycles. The summed E-state index contributed by atoms with van der Waals surface area (Å²) in [5, 5.41) is 13.4. The van der Waals surface area contributed by atoms with E-state index in [0.29, 0.717) is 0 Å². The van der Waals surface area contributed by atoms with Crippen LogP contribution < -0.4 is 5.32 Å². The Morgan fingerprint density at radius 2 is 1.05 bits per heavy atom. The van der Waals surface area contributed by atoms with Gasteiger partial charge in [-0.2, -0.15) is 0 Å². The fourth-order valence-corrected chi connectivity index (χ4v) is 9.66. The molecule has 0 bridgehead atoms. The Morgan fingerprint density at radius 1 is 0.424 bits per heavy atom. The van der Waals surface area contributed by atoms with Crippen molar-refractivity contribution in [1.82, 2.24) is 14.5 Å². The van der Waals surface area contributed by atoms with Gasteiger partial charge in [0.05, 0.1) is 33.8 Å². The zero-order valence-corrected chi connectivity index (χ0v) is 31.8. The smallest absolute Gasteiger partial charge is 0.209 e. The number of nitrogens with zero attached hydrogens (tertiary/aromatic N) is 3. The molecule has 5 nitrogen and oxygen atoms in total. The molecule has 0 saturated carbocycles. The molecule has 0 radical (unpaired) electrons. The van der Waals surface area contributed by atoms with Crippen molar-refractivity contribution >= 4 is 88.0 Å². The number of para-hydroxylation sites is 4. The highest BCUT2D eigenvalue weighted by Crippen LogP contribution is 2.44. The first-order valence-corrected chi connectivity index (χ1v) is 20.2. The Morgan fingerprint density at radius 3 is 1.83 bits per heavy atom. The summed E-state index contributed by atoms with van der Waals surface area (Å²) in [6, 6.07) is 69.3. The van der Waals surface area contributed by atoms with Gasteiger partial charge in [-0.25, -0.2) is 4.99 Å². The van der Waals surface area contributed by atoms with Gasteiger partial charge < -0.3 is 14.3 Å². The van der Waals surface area contributed by atoms with Crippen LogP contribution in [0.2, 0.25) is 0 Å². The Labute approximate surface area is 338 Å². The van der Waals surface area contributed by atoms with Crippen molar-refractivity contribution < 1.29 is 4.42 Å². The first-order chi connectivity index (χ1) is 29.2. The van der Waals surface area contributed by atoms with Crippen LogP contribution in [0.1, 0.15) is 17.2 Å². The molecule has 13 rings (SSSR count). The van der Waals surface area contributed by atoms with Gasteiger partial charge in [-0.05, 0) is 88.6 Å².